The van der Waals surface area contributed by atoms with Crippen LogP contribution in [0.3, 0.4) is 0 Å². The summed E-state index contributed by atoms with van der Waals surface area (Å²) in [4.78, 5) is 8.11. The SMILES string of the molecule is Cc1cnc(/C=C/c2ccccc2)c2[nH]c3ccccc3c12. The molecule has 0 fully saturated rings. The van der Waals surface area contributed by atoms with Gasteiger partial charge in [0, 0.05) is 22.5 Å². The van der Waals surface area contributed by atoms with E-state index in [0.717, 1.165) is 16.7 Å². The van der Waals surface area contributed by atoms with Crippen LogP contribution in [0.1, 0.15) is 16.8 Å². The minimum atomic E-state index is 0.973. The number of hydrogen-bond donors (Lipinski definition) is 1. The smallest absolute Gasteiger partial charge is 0.0871 e. The van der Waals surface area contributed by atoms with Crippen molar-refractivity contribution in [1.29, 1.82) is 0 Å². The number of aryl methyl sites for hydroxylation is 1. The van der Waals surface area contributed by atoms with Crippen molar-refractivity contribution in [1.82, 2.24) is 9.97 Å². The van der Waals surface area contributed by atoms with Gasteiger partial charge in [0.15, 0.2) is 0 Å². The molecule has 0 radical (unpaired) electrons. The Bertz CT molecular complexity index is 979. The fourth-order valence-electron chi connectivity index (χ4n) is 2.90. The number of nitrogens with one attached hydrogen (secondary N) is 1. The molecule has 0 bridgehead atoms. The van der Waals surface area contributed by atoms with Crippen molar-refractivity contribution in [2.45, 2.75) is 6.92 Å². The fraction of sp³-hybridized carbons (Fsp3) is 0.0500. The number of rotatable bonds is 2. The predicted octanol–water partition coefficient (Wildman–Crippen LogP) is 5.19. The van der Waals surface area contributed by atoms with Gasteiger partial charge < -0.3 is 4.98 Å². The lowest BCUT2D eigenvalue weighted by Crippen LogP contribution is -1.86. The Balaban J connectivity index is 1.92. The molecule has 0 saturated carbocycles. The number of fused-ring (bicyclic) bond motifs is 3. The van der Waals surface area contributed by atoms with Crippen LogP contribution >= 0.6 is 0 Å². The van der Waals surface area contributed by atoms with Crippen LogP contribution in [0.5, 0.6) is 0 Å². The first-order valence-electron chi connectivity index (χ1n) is 7.42. The molecule has 0 aliphatic rings. The molecule has 0 spiro atoms. The minimum absolute atomic E-state index is 0.973. The Morgan fingerprint density at radius 2 is 1.68 bits per heavy atom. The number of benzene rings is 2. The van der Waals surface area contributed by atoms with Crippen LogP contribution < -0.4 is 0 Å². The van der Waals surface area contributed by atoms with Crippen molar-refractivity contribution in [3.63, 3.8) is 0 Å². The topological polar surface area (TPSA) is 28.7 Å². The van der Waals surface area contributed by atoms with Gasteiger partial charge in [-0.3, -0.25) is 4.98 Å². The van der Waals surface area contributed by atoms with Gasteiger partial charge in [-0.25, -0.2) is 0 Å². The van der Waals surface area contributed by atoms with E-state index in [2.05, 4.69) is 65.4 Å². The van der Waals surface area contributed by atoms with E-state index in [4.69, 9.17) is 0 Å². The monoisotopic (exact) mass is 284 g/mol. The zero-order valence-electron chi connectivity index (χ0n) is 12.4. The molecule has 0 amide bonds. The molecule has 2 nitrogen and oxygen atoms in total. The summed E-state index contributed by atoms with van der Waals surface area (Å²) in [7, 11) is 0. The molecule has 0 aliphatic heterocycles. The summed E-state index contributed by atoms with van der Waals surface area (Å²) in [6.07, 6.45) is 6.13. The lowest BCUT2D eigenvalue weighted by Gasteiger charge is -2.00. The number of pyridine rings is 1. The van der Waals surface area contributed by atoms with Crippen LogP contribution in [0.2, 0.25) is 0 Å². The largest absolute Gasteiger partial charge is 0.353 e. The first-order valence-corrected chi connectivity index (χ1v) is 7.42. The van der Waals surface area contributed by atoms with E-state index in [1.165, 1.54) is 21.9 Å². The Morgan fingerprint density at radius 1 is 0.909 bits per heavy atom. The van der Waals surface area contributed by atoms with Gasteiger partial charge in [0.1, 0.15) is 0 Å². The van der Waals surface area contributed by atoms with Gasteiger partial charge in [-0.05, 0) is 30.2 Å². The highest BCUT2D eigenvalue weighted by molar-refractivity contribution is 6.10. The summed E-state index contributed by atoms with van der Waals surface area (Å²) in [5.41, 5.74) is 5.61. The summed E-state index contributed by atoms with van der Waals surface area (Å²) < 4.78 is 0. The predicted molar refractivity (Wildman–Crippen MR) is 93.7 cm³/mol. The van der Waals surface area contributed by atoms with Crippen molar-refractivity contribution in [3.05, 3.63) is 77.6 Å². The summed E-state index contributed by atoms with van der Waals surface area (Å²) in [6.45, 7) is 2.11. The van der Waals surface area contributed by atoms with E-state index >= 15 is 0 Å². The number of nitrogens with zero attached hydrogens (tertiary/aromatic N) is 1. The normalized spacial score (nSPS) is 11.7. The maximum Gasteiger partial charge on any atom is 0.0871 e. The third-order valence-corrected chi connectivity index (χ3v) is 3.99. The maximum atomic E-state index is 4.60. The molecule has 0 atom stereocenters. The molecular weight excluding hydrogens is 268 g/mol. The Morgan fingerprint density at radius 3 is 2.55 bits per heavy atom. The molecule has 2 heteroatoms. The summed E-state index contributed by atoms with van der Waals surface area (Å²) in [5.74, 6) is 0. The fourth-order valence-corrected chi connectivity index (χ4v) is 2.90. The van der Waals surface area contributed by atoms with Crippen LogP contribution in [0.25, 0.3) is 34.0 Å². The maximum absolute atomic E-state index is 4.60. The van der Waals surface area contributed by atoms with E-state index in [1.807, 2.05) is 24.4 Å². The van der Waals surface area contributed by atoms with Crippen molar-refractivity contribution in [2.75, 3.05) is 0 Å². The van der Waals surface area contributed by atoms with Gasteiger partial charge in [0.05, 0.1) is 11.2 Å². The average molecular weight is 284 g/mol. The minimum Gasteiger partial charge on any atom is -0.353 e. The molecule has 2 aromatic carbocycles. The van der Waals surface area contributed by atoms with Crippen LogP contribution in [0.4, 0.5) is 0 Å². The van der Waals surface area contributed by atoms with E-state index in [1.54, 1.807) is 0 Å². The highest BCUT2D eigenvalue weighted by atomic mass is 14.8. The molecule has 22 heavy (non-hydrogen) atoms. The standard InChI is InChI=1S/C20H16N2/c1-14-13-21-18(12-11-15-7-3-2-4-8-15)20-19(14)16-9-5-6-10-17(16)22-20/h2-13,22H,1H3/b12-11+. The molecule has 0 unspecified atom stereocenters. The van der Waals surface area contributed by atoms with Crippen LogP contribution in [-0.4, -0.2) is 9.97 Å². The van der Waals surface area contributed by atoms with Crippen molar-refractivity contribution in [3.8, 4) is 0 Å². The van der Waals surface area contributed by atoms with E-state index < -0.39 is 0 Å². The van der Waals surface area contributed by atoms with Crippen molar-refractivity contribution >= 4 is 34.0 Å². The number of aromatic amines is 1. The third-order valence-electron chi connectivity index (χ3n) is 3.99. The lowest BCUT2D eigenvalue weighted by atomic mass is 10.1. The van der Waals surface area contributed by atoms with E-state index in [0.29, 0.717) is 0 Å². The van der Waals surface area contributed by atoms with Gasteiger partial charge >= 0.3 is 0 Å². The molecule has 2 aromatic heterocycles. The lowest BCUT2D eigenvalue weighted by molar-refractivity contribution is 1.27. The third kappa shape index (κ3) is 2.09. The van der Waals surface area contributed by atoms with Crippen LogP contribution in [0, 0.1) is 6.92 Å². The Kier molecular flexibility index (Phi) is 3.01. The molecule has 106 valence electrons. The number of para-hydroxylation sites is 1. The molecule has 1 N–H and O–H groups in total. The number of aromatic nitrogens is 2. The Hall–Kier alpha value is -2.87. The summed E-state index contributed by atoms with van der Waals surface area (Å²) in [6, 6.07) is 18.7. The van der Waals surface area contributed by atoms with Crippen molar-refractivity contribution < 1.29 is 0 Å². The zero-order chi connectivity index (χ0) is 14.9. The van der Waals surface area contributed by atoms with Gasteiger partial charge in [-0.15, -0.1) is 0 Å². The molecule has 4 rings (SSSR count). The van der Waals surface area contributed by atoms with Gasteiger partial charge in [-0.2, -0.15) is 0 Å². The highest BCUT2D eigenvalue weighted by Crippen LogP contribution is 2.29. The summed E-state index contributed by atoms with van der Waals surface area (Å²) in [5, 5.41) is 2.52. The van der Waals surface area contributed by atoms with Crippen LogP contribution in [0.15, 0.2) is 60.8 Å². The number of hydrogen-bond acceptors (Lipinski definition) is 1. The zero-order valence-corrected chi connectivity index (χ0v) is 12.4. The Labute approximate surface area is 129 Å². The molecule has 4 aromatic rings. The quantitative estimate of drug-likeness (QED) is 0.539. The highest BCUT2D eigenvalue weighted by Gasteiger charge is 2.09. The van der Waals surface area contributed by atoms with E-state index in [-0.39, 0.29) is 0 Å². The van der Waals surface area contributed by atoms with Gasteiger partial charge in [0.2, 0.25) is 0 Å². The second-order valence-electron chi connectivity index (χ2n) is 5.49. The second kappa shape index (κ2) is 5.15. The number of H-pyrrole nitrogens is 1. The van der Waals surface area contributed by atoms with Crippen LogP contribution in [-0.2, 0) is 0 Å². The molecule has 0 saturated heterocycles. The molecule has 2 heterocycles. The first kappa shape index (κ1) is 12.8. The van der Waals surface area contributed by atoms with E-state index in [9.17, 15) is 0 Å². The van der Waals surface area contributed by atoms with Crippen molar-refractivity contribution in [2.24, 2.45) is 0 Å². The molecule has 0 aliphatic carbocycles. The van der Waals surface area contributed by atoms with Gasteiger partial charge in [-0.1, -0.05) is 54.6 Å². The first-order chi connectivity index (χ1) is 10.8. The second-order valence-corrected chi connectivity index (χ2v) is 5.49. The molecular formula is C20H16N2. The summed E-state index contributed by atoms with van der Waals surface area (Å²) >= 11 is 0. The average Bonchev–Trinajstić information content (AvgIpc) is 2.96. The van der Waals surface area contributed by atoms with Gasteiger partial charge in [0.25, 0.3) is 0 Å².